The second-order valence-corrected chi connectivity index (χ2v) is 7.09. The van der Waals surface area contributed by atoms with Crippen LogP contribution in [-0.2, 0) is 6.61 Å². The van der Waals surface area contributed by atoms with Crippen LogP contribution in [-0.4, -0.2) is 10.9 Å². The highest BCUT2D eigenvalue weighted by Crippen LogP contribution is 2.28. The molecule has 2 heterocycles. The molecular formula is C21H15N3O3S. The number of rotatable bonds is 5. The van der Waals surface area contributed by atoms with Gasteiger partial charge in [0.2, 0.25) is 0 Å². The van der Waals surface area contributed by atoms with Gasteiger partial charge in [-0.1, -0.05) is 35.6 Å². The minimum absolute atomic E-state index is 0.117. The number of anilines is 1. The molecule has 2 aromatic heterocycles. The summed E-state index contributed by atoms with van der Waals surface area (Å²) in [6, 6.07) is 18.2. The van der Waals surface area contributed by atoms with Crippen LogP contribution in [0.1, 0.15) is 27.4 Å². The molecule has 0 radical (unpaired) electrons. The van der Waals surface area contributed by atoms with Gasteiger partial charge in [-0.3, -0.25) is 10.1 Å². The predicted molar refractivity (Wildman–Crippen MR) is 107 cm³/mol. The van der Waals surface area contributed by atoms with E-state index in [0.29, 0.717) is 22.2 Å². The number of hydrogen-bond donors (Lipinski definition) is 1. The summed E-state index contributed by atoms with van der Waals surface area (Å²) < 4.78 is 12.2. The molecule has 0 aliphatic carbocycles. The van der Waals surface area contributed by atoms with Crippen molar-refractivity contribution in [2.24, 2.45) is 0 Å². The Morgan fingerprint density at radius 3 is 2.89 bits per heavy atom. The number of thiazole rings is 1. The topological polar surface area (TPSA) is 88.1 Å². The number of nitriles is 1. The Morgan fingerprint density at radius 1 is 1.21 bits per heavy atom. The van der Waals surface area contributed by atoms with Crippen LogP contribution in [0.2, 0.25) is 0 Å². The number of furan rings is 1. The molecule has 0 saturated carbocycles. The number of para-hydroxylation sites is 2. The Kier molecular flexibility index (Phi) is 4.79. The molecule has 4 rings (SSSR count). The average molecular weight is 389 g/mol. The highest BCUT2D eigenvalue weighted by atomic mass is 32.1. The first kappa shape index (κ1) is 17.8. The van der Waals surface area contributed by atoms with Gasteiger partial charge in [0.05, 0.1) is 15.8 Å². The number of hydrogen-bond acceptors (Lipinski definition) is 6. The summed E-state index contributed by atoms with van der Waals surface area (Å²) in [5.41, 5.74) is 2.38. The van der Waals surface area contributed by atoms with E-state index in [-0.39, 0.29) is 18.3 Å². The van der Waals surface area contributed by atoms with E-state index in [1.165, 1.54) is 11.3 Å². The summed E-state index contributed by atoms with van der Waals surface area (Å²) in [5, 5.41) is 12.4. The van der Waals surface area contributed by atoms with Crippen LogP contribution >= 0.6 is 11.3 Å². The largest absolute Gasteiger partial charge is 0.484 e. The Bertz CT molecular complexity index is 1200. The molecule has 0 aliphatic rings. The molecule has 4 aromatic rings. The first-order valence-electron chi connectivity index (χ1n) is 8.52. The first-order chi connectivity index (χ1) is 13.6. The monoisotopic (exact) mass is 389 g/mol. The third kappa shape index (κ3) is 3.59. The molecule has 2 aromatic carbocycles. The molecule has 138 valence electrons. The molecule has 7 heteroatoms. The van der Waals surface area contributed by atoms with Crippen molar-refractivity contribution in [1.82, 2.24) is 4.98 Å². The van der Waals surface area contributed by atoms with Crippen LogP contribution in [0.3, 0.4) is 0 Å². The summed E-state index contributed by atoms with van der Waals surface area (Å²) in [6.45, 7) is 2.10. The van der Waals surface area contributed by atoms with Gasteiger partial charge < -0.3 is 9.15 Å². The maximum absolute atomic E-state index is 12.4. The SMILES string of the molecule is Cc1cccc2sc(NC(=O)c3ccc(COc4ccccc4C#N)o3)nc12. The number of ether oxygens (including phenoxy) is 1. The Morgan fingerprint density at radius 2 is 2.07 bits per heavy atom. The summed E-state index contributed by atoms with van der Waals surface area (Å²) in [7, 11) is 0. The van der Waals surface area contributed by atoms with Crippen LogP contribution in [0, 0.1) is 18.3 Å². The fourth-order valence-electron chi connectivity index (χ4n) is 2.71. The zero-order valence-corrected chi connectivity index (χ0v) is 15.7. The third-order valence-corrected chi connectivity index (χ3v) is 5.04. The van der Waals surface area contributed by atoms with Gasteiger partial charge in [-0.05, 0) is 42.8 Å². The zero-order chi connectivity index (χ0) is 19.5. The highest BCUT2D eigenvalue weighted by molar-refractivity contribution is 7.22. The lowest BCUT2D eigenvalue weighted by Crippen LogP contribution is -2.10. The normalized spacial score (nSPS) is 10.6. The molecule has 0 spiro atoms. The average Bonchev–Trinajstić information content (AvgIpc) is 3.34. The number of aromatic nitrogens is 1. The van der Waals surface area contributed by atoms with Crippen molar-refractivity contribution in [2.45, 2.75) is 13.5 Å². The number of nitrogens with zero attached hydrogens (tertiary/aromatic N) is 2. The zero-order valence-electron chi connectivity index (χ0n) is 14.9. The fourth-order valence-corrected chi connectivity index (χ4v) is 3.65. The lowest BCUT2D eigenvalue weighted by atomic mass is 10.2. The predicted octanol–water partition coefficient (Wildman–Crippen LogP) is 4.90. The van der Waals surface area contributed by atoms with E-state index in [9.17, 15) is 4.79 Å². The molecule has 1 N–H and O–H groups in total. The van der Waals surface area contributed by atoms with E-state index in [0.717, 1.165) is 15.8 Å². The van der Waals surface area contributed by atoms with Gasteiger partial charge in [-0.15, -0.1) is 0 Å². The lowest BCUT2D eigenvalue weighted by molar-refractivity contribution is 0.0992. The van der Waals surface area contributed by atoms with Crippen molar-refractivity contribution in [3.63, 3.8) is 0 Å². The van der Waals surface area contributed by atoms with Gasteiger partial charge in [0.25, 0.3) is 5.91 Å². The van der Waals surface area contributed by atoms with Gasteiger partial charge in [-0.2, -0.15) is 5.26 Å². The minimum atomic E-state index is -0.375. The molecule has 0 aliphatic heterocycles. The number of amides is 1. The quantitative estimate of drug-likeness (QED) is 0.524. The molecule has 0 bridgehead atoms. The lowest BCUT2D eigenvalue weighted by Gasteiger charge is -2.05. The summed E-state index contributed by atoms with van der Waals surface area (Å²) in [5.74, 6) is 0.749. The maximum Gasteiger partial charge on any atom is 0.293 e. The number of carbonyl (C=O) groups is 1. The Balaban J connectivity index is 1.44. The minimum Gasteiger partial charge on any atom is -0.484 e. The number of nitrogens with one attached hydrogen (secondary N) is 1. The Labute approximate surface area is 165 Å². The smallest absolute Gasteiger partial charge is 0.293 e. The highest BCUT2D eigenvalue weighted by Gasteiger charge is 2.15. The summed E-state index contributed by atoms with van der Waals surface area (Å²) in [4.78, 5) is 16.9. The molecular weight excluding hydrogens is 374 g/mol. The van der Waals surface area contributed by atoms with E-state index in [1.807, 2.05) is 25.1 Å². The van der Waals surface area contributed by atoms with Crippen molar-refractivity contribution in [1.29, 1.82) is 5.26 Å². The molecule has 0 atom stereocenters. The van der Waals surface area contributed by atoms with Crippen molar-refractivity contribution >= 4 is 32.6 Å². The number of aryl methyl sites for hydroxylation is 1. The maximum atomic E-state index is 12.4. The molecule has 6 nitrogen and oxygen atoms in total. The standard InChI is InChI=1S/C21H15N3O3S/c1-13-5-4-8-18-19(13)23-21(28-18)24-20(25)17-10-9-15(27-17)12-26-16-7-3-2-6-14(16)11-22/h2-10H,12H2,1H3,(H,23,24,25). The van der Waals surface area contributed by atoms with E-state index in [4.69, 9.17) is 14.4 Å². The van der Waals surface area contributed by atoms with E-state index < -0.39 is 0 Å². The van der Waals surface area contributed by atoms with Crippen LogP contribution in [0.5, 0.6) is 5.75 Å². The molecule has 0 saturated heterocycles. The van der Waals surface area contributed by atoms with Crippen molar-refractivity contribution in [3.05, 3.63) is 77.2 Å². The van der Waals surface area contributed by atoms with E-state index in [2.05, 4.69) is 16.4 Å². The van der Waals surface area contributed by atoms with Crippen molar-refractivity contribution in [3.8, 4) is 11.8 Å². The van der Waals surface area contributed by atoms with E-state index >= 15 is 0 Å². The fraction of sp³-hybridized carbons (Fsp3) is 0.0952. The van der Waals surface area contributed by atoms with Gasteiger partial charge in [0.1, 0.15) is 24.2 Å². The number of fused-ring (bicyclic) bond motifs is 1. The molecule has 28 heavy (non-hydrogen) atoms. The number of benzene rings is 2. The Hall–Kier alpha value is -3.63. The second-order valence-electron chi connectivity index (χ2n) is 6.06. The van der Waals surface area contributed by atoms with Crippen molar-refractivity contribution in [2.75, 3.05) is 5.32 Å². The molecule has 0 fully saturated rings. The summed E-state index contributed by atoms with van der Waals surface area (Å²) >= 11 is 1.41. The van der Waals surface area contributed by atoms with Gasteiger partial charge in [-0.25, -0.2) is 4.98 Å². The van der Waals surface area contributed by atoms with E-state index in [1.54, 1.807) is 36.4 Å². The van der Waals surface area contributed by atoms with Crippen LogP contribution < -0.4 is 10.1 Å². The molecule has 1 amide bonds. The van der Waals surface area contributed by atoms with Gasteiger partial charge in [0.15, 0.2) is 10.9 Å². The second kappa shape index (κ2) is 7.55. The summed E-state index contributed by atoms with van der Waals surface area (Å²) in [6.07, 6.45) is 0. The van der Waals surface area contributed by atoms with Gasteiger partial charge in [0, 0.05) is 0 Å². The number of carbonyl (C=O) groups excluding carboxylic acids is 1. The van der Waals surface area contributed by atoms with Crippen LogP contribution in [0.4, 0.5) is 5.13 Å². The van der Waals surface area contributed by atoms with Crippen LogP contribution in [0.25, 0.3) is 10.2 Å². The third-order valence-electron chi connectivity index (χ3n) is 4.10. The first-order valence-corrected chi connectivity index (χ1v) is 9.34. The van der Waals surface area contributed by atoms with Gasteiger partial charge >= 0.3 is 0 Å². The van der Waals surface area contributed by atoms with Crippen LogP contribution in [0.15, 0.2) is 59.0 Å². The molecule has 0 unspecified atom stereocenters. The van der Waals surface area contributed by atoms with Crippen molar-refractivity contribution < 1.29 is 13.9 Å².